The predicted octanol–water partition coefficient (Wildman–Crippen LogP) is 2.62. The summed E-state index contributed by atoms with van der Waals surface area (Å²) in [6.07, 6.45) is 5.42. The monoisotopic (exact) mass is 258 g/mol. The Morgan fingerprint density at radius 2 is 2.16 bits per heavy atom. The molecule has 0 amide bonds. The highest BCUT2D eigenvalue weighted by molar-refractivity contribution is 5.69. The van der Waals surface area contributed by atoms with E-state index >= 15 is 0 Å². The summed E-state index contributed by atoms with van der Waals surface area (Å²) in [6, 6.07) is 4.67. The summed E-state index contributed by atoms with van der Waals surface area (Å²) in [4.78, 5) is 14.8. The first-order chi connectivity index (χ1) is 9.22. The fraction of sp³-hybridized carbons (Fsp3) is 0.600. The van der Waals surface area contributed by atoms with E-state index < -0.39 is 0 Å². The lowest BCUT2D eigenvalue weighted by Gasteiger charge is -2.34. The molecular formula is C15H22N4. The minimum Gasteiger partial charge on any atom is -0.341 e. The van der Waals surface area contributed by atoms with Crippen LogP contribution in [0.2, 0.25) is 0 Å². The molecule has 1 fully saturated rings. The molecule has 1 aliphatic rings. The highest BCUT2D eigenvalue weighted by Gasteiger charge is 2.21. The first-order valence-electron chi connectivity index (χ1n) is 7.26. The van der Waals surface area contributed by atoms with Crippen molar-refractivity contribution in [2.45, 2.75) is 39.2 Å². The van der Waals surface area contributed by atoms with Crippen molar-refractivity contribution in [2.75, 3.05) is 13.1 Å². The van der Waals surface area contributed by atoms with Gasteiger partial charge >= 0.3 is 0 Å². The first kappa shape index (κ1) is 12.6. The van der Waals surface area contributed by atoms with E-state index in [9.17, 15) is 0 Å². The van der Waals surface area contributed by atoms with Crippen LogP contribution in [0, 0.1) is 5.92 Å². The molecule has 3 rings (SSSR count). The maximum Gasteiger partial charge on any atom is 0.177 e. The molecule has 3 heterocycles. The zero-order valence-electron chi connectivity index (χ0n) is 11.8. The summed E-state index contributed by atoms with van der Waals surface area (Å²) in [5.74, 6) is 1.85. The van der Waals surface area contributed by atoms with Crippen molar-refractivity contribution in [1.29, 1.82) is 0 Å². The molecule has 2 aromatic heterocycles. The summed E-state index contributed by atoms with van der Waals surface area (Å²) in [5, 5.41) is 0. The van der Waals surface area contributed by atoms with Gasteiger partial charge in [0.1, 0.15) is 5.82 Å². The van der Waals surface area contributed by atoms with E-state index in [0.29, 0.717) is 6.04 Å². The molecule has 0 bridgehead atoms. The van der Waals surface area contributed by atoms with Crippen LogP contribution in [0.1, 0.15) is 32.5 Å². The van der Waals surface area contributed by atoms with Gasteiger partial charge in [-0.05, 0) is 57.8 Å². The number of nitrogens with zero attached hydrogens (tertiary/aromatic N) is 3. The lowest BCUT2D eigenvalue weighted by atomic mass is 9.93. The van der Waals surface area contributed by atoms with Gasteiger partial charge in [-0.2, -0.15) is 0 Å². The fourth-order valence-corrected chi connectivity index (χ4v) is 2.94. The van der Waals surface area contributed by atoms with Crippen LogP contribution in [0.25, 0.3) is 11.2 Å². The van der Waals surface area contributed by atoms with Gasteiger partial charge in [-0.1, -0.05) is 0 Å². The molecule has 4 nitrogen and oxygen atoms in total. The third kappa shape index (κ3) is 2.78. The van der Waals surface area contributed by atoms with Crippen molar-refractivity contribution in [3.8, 4) is 0 Å². The minimum atomic E-state index is 0.677. The molecule has 0 radical (unpaired) electrons. The third-order valence-electron chi connectivity index (χ3n) is 4.17. The van der Waals surface area contributed by atoms with E-state index in [2.05, 4.69) is 33.7 Å². The largest absolute Gasteiger partial charge is 0.341 e. The minimum absolute atomic E-state index is 0.677. The quantitative estimate of drug-likeness (QED) is 0.920. The van der Waals surface area contributed by atoms with Crippen LogP contribution >= 0.6 is 0 Å². The molecule has 0 saturated carbocycles. The van der Waals surface area contributed by atoms with Gasteiger partial charge < -0.3 is 9.88 Å². The van der Waals surface area contributed by atoms with Crippen LogP contribution in [0.4, 0.5) is 0 Å². The van der Waals surface area contributed by atoms with Crippen LogP contribution in [0.5, 0.6) is 0 Å². The van der Waals surface area contributed by atoms with E-state index in [1.165, 1.54) is 25.9 Å². The molecule has 19 heavy (non-hydrogen) atoms. The number of aromatic amines is 1. The van der Waals surface area contributed by atoms with Crippen LogP contribution in [0.15, 0.2) is 18.3 Å². The van der Waals surface area contributed by atoms with Gasteiger partial charge in [0.05, 0.1) is 5.52 Å². The summed E-state index contributed by atoms with van der Waals surface area (Å²) in [6.45, 7) is 7.01. The number of likely N-dealkylation sites (tertiary alicyclic amines) is 1. The van der Waals surface area contributed by atoms with Gasteiger partial charge in [0, 0.05) is 18.7 Å². The Morgan fingerprint density at radius 3 is 2.84 bits per heavy atom. The van der Waals surface area contributed by atoms with Gasteiger partial charge in [0.15, 0.2) is 5.65 Å². The predicted molar refractivity (Wildman–Crippen MR) is 77.0 cm³/mol. The van der Waals surface area contributed by atoms with Crippen molar-refractivity contribution in [2.24, 2.45) is 5.92 Å². The SMILES string of the molecule is CC(C)N1CCC(Cc2nc3ncccc3[nH]2)CC1. The molecule has 1 N–H and O–H groups in total. The number of hydrogen-bond donors (Lipinski definition) is 1. The number of nitrogens with one attached hydrogen (secondary N) is 1. The lowest BCUT2D eigenvalue weighted by Crippen LogP contribution is -2.38. The van der Waals surface area contributed by atoms with E-state index in [1.54, 1.807) is 6.20 Å². The Labute approximate surface area is 114 Å². The zero-order valence-corrected chi connectivity index (χ0v) is 11.8. The van der Waals surface area contributed by atoms with Crippen molar-refractivity contribution < 1.29 is 0 Å². The topological polar surface area (TPSA) is 44.8 Å². The number of fused-ring (bicyclic) bond motifs is 1. The second kappa shape index (κ2) is 5.29. The maximum atomic E-state index is 4.58. The summed E-state index contributed by atoms with van der Waals surface area (Å²) >= 11 is 0. The van der Waals surface area contributed by atoms with Crippen molar-refractivity contribution in [3.05, 3.63) is 24.2 Å². The average molecular weight is 258 g/mol. The molecule has 1 aliphatic heterocycles. The standard InChI is InChI=1S/C15H22N4/c1-11(2)19-8-5-12(6-9-19)10-14-17-13-4-3-7-16-15(13)18-14/h3-4,7,11-12H,5-6,8-10H2,1-2H3,(H,16,17,18). The molecule has 2 aromatic rings. The van der Waals surface area contributed by atoms with E-state index in [0.717, 1.165) is 29.3 Å². The second-order valence-corrected chi connectivity index (χ2v) is 5.84. The van der Waals surface area contributed by atoms with Crippen LogP contribution < -0.4 is 0 Å². The lowest BCUT2D eigenvalue weighted by molar-refractivity contribution is 0.148. The van der Waals surface area contributed by atoms with Gasteiger partial charge in [0.25, 0.3) is 0 Å². The molecular weight excluding hydrogens is 236 g/mol. The number of imidazole rings is 1. The average Bonchev–Trinajstić information content (AvgIpc) is 2.81. The van der Waals surface area contributed by atoms with Gasteiger partial charge in [0.2, 0.25) is 0 Å². The van der Waals surface area contributed by atoms with Crippen molar-refractivity contribution in [1.82, 2.24) is 19.9 Å². The number of hydrogen-bond acceptors (Lipinski definition) is 3. The van der Waals surface area contributed by atoms with Crippen molar-refractivity contribution in [3.63, 3.8) is 0 Å². The number of aromatic nitrogens is 3. The maximum absolute atomic E-state index is 4.58. The van der Waals surface area contributed by atoms with Gasteiger partial charge in [-0.15, -0.1) is 0 Å². The van der Waals surface area contributed by atoms with E-state index in [1.807, 2.05) is 12.1 Å². The molecule has 1 saturated heterocycles. The third-order valence-corrected chi connectivity index (χ3v) is 4.17. The molecule has 0 spiro atoms. The first-order valence-corrected chi connectivity index (χ1v) is 7.26. The molecule has 0 atom stereocenters. The van der Waals surface area contributed by atoms with Gasteiger partial charge in [-0.3, -0.25) is 0 Å². The molecule has 102 valence electrons. The Balaban J connectivity index is 1.63. The van der Waals surface area contributed by atoms with E-state index in [-0.39, 0.29) is 0 Å². The summed E-state index contributed by atoms with van der Waals surface area (Å²) in [7, 11) is 0. The number of H-pyrrole nitrogens is 1. The summed E-state index contributed by atoms with van der Waals surface area (Å²) < 4.78 is 0. The van der Waals surface area contributed by atoms with Crippen LogP contribution in [-0.2, 0) is 6.42 Å². The Kier molecular flexibility index (Phi) is 3.51. The molecule has 0 aromatic carbocycles. The van der Waals surface area contributed by atoms with Gasteiger partial charge in [-0.25, -0.2) is 9.97 Å². The molecule has 0 unspecified atom stereocenters. The highest BCUT2D eigenvalue weighted by Crippen LogP contribution is 2.22. The second-order valence-electron chi connectivity index (χ2n) is 5.84. The van der Waals surface area contributed by atoms with Crippen LogP contribution in [-0.4, -0.2) is 39.0 Å². The normalized spacial score (nSPS) is 18.5. The smallest absolute Gasteiger partial charge is 0.177 e. The number of pyridine rings is 1. The number of rotatable bonds is 3. The van der Waals surface area contributed by atoms with Crippen molar-refractivity contribution >= 4 is 11.2 Å². The Morgan fingerprint density at radius 1 is 1.37 bits per heavy atom. The Hall–Kier alpha value is -1.42. The van der Waals surface area contributed by atoms with E-state index in [4.69, 9.17) is 0 Å². The summed E-state index contributed by atoms with van der Waals surface area (Å²) in [5.41, 5.74) is 1.90. The number of piperidine rings is 1. The fourth-order valence-electron chi connectivity index (χ4n) is 2.94. The highest BCUT2D eigenvalue weighted by atomic mass is 15.1. The van der Waals surface area contributed by atoms with Crippen LogP contribution in [0.3, 0.4) is 0 Å². The molecule has 0 aliphatic carbocycles. The zero-order chi connectivity index (χ0) is 13.2. The Bertz CT molecular complexity index is 505. The molecule has 4 heteroatoms.